The van der Waals surface area contributed by atoms with Gasteiger partial charge in [-0.05, 0) is 36.7 Å². The lowest BCUT2D eigenvalue weighted by atomic mass is 9.91. The molecule has 1 aliphatic heterocycles. The third kappa shape index (κ3) is 3.41. The quantitative estimate of drug-likeness (QED) is 0.872. The van der Waals surface area contributed by atoms with E-state index in [0.29, 0.717) is 0 Å². The zero-order chi connectivity index (χ0) is 21.2. The van der Waals surface area contributed by atoms with Crippen LogP contribution in [-0.4, -0.2) is 36.6 Å². The molecule has 3 rings (SSSR count). The summed E-state index contributed by atoms with van der Waals surface area (Å²) in [4.78, 5) is 20.5. The van der Waals surface area contributed by atoms with Gasteiger partial charge < -0.3 is 15.8 Å². The number of anilines is 1. The highest BCUT2D eigenvalue weighted by atomic mass is 19.1. The predicted molar refractivity (Wildman–Crippen MR) is 93.4 cm³/mol. The molecule has 0 aliphatic carbocycles. The number of benzene rings is 1. The zero-order valence-electron chi connectivity index (χ0n) is 16.6. The summed E-state index contributed by atoms with van der Waals surface area (Å²) in [6.45, 7) is -3.82. The molecule has 1 aromatic carbocycles. The molecule has 0 saturated carbocycles. The molecule has 136 valence electrons. The predicted octanol–water partition coefficient (Wildman–Crippen LogP) is 2.33. The molecule has 0 unspecified atom stereocenters. The standard InChI is InChI=1S/C18H18F2N4O2/c1-11-3-2-6-22-16(11)17(25)23-12-4-5-14(20)13(7-12)18(9-19)10-26-8-15(21)24-18/h2-7H,8-10H2,1H3,(H2,21,24)(H,23,25)/t18-/m0/s1/i1D3. The molecule has 2 aromatic rings. The topological polar surface area (TPSA) is 89.6 Å². The Balaban J connectivity index is 1.96. The number of carbonyl (C=O) groups is 1. The van der Waals surface area contributed by atoms with Crippen LogP contribution in [0, 0.1) is 12.7 Å². The summed E-state index contributed by atoms with van der Waals surface area (Å²) >= 11 is 0. The molecule has 0 bridgehead atoms. The number of nitrogens with one attached hydrogen (secondary N) is 1. The summed E-state index contributed by atoms with van der Waals surface area (Å²) in [5, 5.41) is 2.47. The number of rotatable bonds is 4. The zero-order valence-corrected chi connectivity index (χ0v) is 13.6. The van der Waals surface area contributed by atoms with Gasteiger partial charge in [-0.2, -0.15) is 0 Å². The number of hydrogen-bond donors (Lipinski definition) is 2. The minimum atomic E-state index is -2.54. The van der Waals surface area contributed by atoms with E-state index in [1.165, 1.54) is 30.5 Å². The molecule has 8 heteroatoms. The van der Waals surface area contributed by atoms with E-state index in [1.54, 1.807) is 0 Å². The summed E-state index contributed by atoms with van der Waals surface area (Å²) in [6, 6.07) is 6.21. The van der Waals surface area contributed by atoms with Crippen LogP contribution in [0.2, 0.25) is 0 Å². The molecule has 26 heavy (non-hydrogen) atoms. The Hall–Kier alpha value is -2.87. The Morgan fingerprint density at radius 2 is 2.35 bits per heavy atom. The fourth-order valence-corrected chi connectivity index (χ4v) is 2.68. The molecule has 1 atom stereocenters. The van der Waals surface area contributed by atoms with Crippen molar-refractivity contribution in [3.63, 3.8) is 0 Å². The van der Waals surface area contributed by atoms with Crippen molar-refractivity contribution in [3.8, 4) is 0 Å². The van der Waals surface area contributed by atoms with Crippen LogP contribution in [0.4, 0.5) is 14.5 Å². The lowest BCUT2D eigenvalue weighted by Crippen LogP contribution is -2.42. The number of ether oxygens (including phenoxy) is 1. The lowest BCUT2D eigenvalue weighted by molar-refractivity contribution is 0.0809. The minimum absolute atomic E-state index is 0.0113. The molecule has 1 amide bonds. The molecule has 0 spiro atoms. The Bertz CT molecular complexity index is 968. The summed E-state index contributed by atoms with van der Waals surface area (Å²) in [5.74, 6) is -1.52. The van der Waals surface area contributed by atoms with Crippen molar-refractivity contribution >= 4 is 17.4 Å². The molecule has 1 aliphatic rings. The lowest BCUT2D eigenvalue weighted by Gasteiger charge is -2.31. The Morgan fingerprint density at radius 1 is 1.50 bits per heavy atom. The van der Waals surface area contributed by atoms with Crippen molar-refractivity contribution in [1.29, 1.82) is 0 Å². The Labute approximate surface area is 153 Å². The fraction of sp³-hybridized carbons (Fsp3) is 0.278. The summed E-state index contributed by atoms with van der Waals surface area (Å²) < 4.78 is 56.1. The highest BCUT2D eigenvalue weighted by Crippen LogP contribution is 2.33. The third-order valence-electron chi connectivity index (χ3n) is 3.92. The second-order valence-electron chi connectivity index (χ2n) is 5.81. The third-order valence-corrected chi connectivity index (χ3v) is 3.92. The number of nitrogens with zero attached hydrogens (tertiary/aromatic N) is 2. The first-order valence-electron chi connectivity index (χ1n) is 9.21. The van der Waals surface area contributed by atoms with Gasteiger partial charge in [-0.15, -0.1) is 0 Å². The van der Waals surface area contributed by atoms with Crippen molar-refractivity contribution in [2.75, 3.05) is 25.2 Å². The average Bonchev–Trinajstić information content (AvgIpc) is 2.68. The van der Waals surface area contributed by atoms with E-state index < -0.39 is 30.8 Å². The Morgan fingerprint density at radius 3 is 3.08 bits per heavy atom. The second kappa shape index (κ2) is 7.17. The van der Waals surface area contributed by atoms with Crippen LogP contribution in [-0.2, 0) is 10.3 Å². The molecule has 2 heterocycles. The van der Waals surface area contributed by atoms with E-state index in [2.05, 4.69) is 15.3 Å². The van der Waals surface area contributed by atoms with Crippen molar-refractivity contribution in [3.05, 3.63) is 59.2 Å². The minimum Gasteiger partial charge on any atom is -0.385 e. The van der Waals surface area contributed by atoms with Crippen LogP contribution in [0.5, 0.6) is 0 Å². The maximum Gasteiger partial charge on any atom is 0.274 e. The van der Waals surface area contributed by atoms with Crippen LogP contribution in [0.15, 0.2) is 41.5 Å². The van der Waals surface area contributed by atoms with Gasteiger partial charge >= 0.3 is 0 Å². The Kier molecular flexibility index (Phi) is 3.95. The van der Waals surface area contributed by atoms with Gasteiger partial charge in [0.2, 0.25) is 0 Å². The molecule has 0 radical (unpaired) electrons. The van der Waals surface area contributed by atoms with Gasteiger partial charge in [-0.3, -0.25) is 14.8 Å². The molecule has 6 nitrogen and oxygen atoms in total. The molecule has 0 fully saturated rings. The van der Waals surface area contributed by atoms with E-state index in [9.17, 15) is 13.6 Å². The molecular formula is C18H18F2N4O2. The van der Waals surface area contributed by atoms with Crippen molar-refractivity contribution in [2.24, 2.45) is 10.7 Å². The average molecular weight is 363 g/mol. The monoisotopic (exact) mass is 363 g/mol. The first kappa shape index (κ1) is 14.3. The van der Waals surface area contributed by atoms with E-state index >= 15 is 0 Å². The first-order valence-corrected chi connectivity index (χ1v) is 7.71. The van der Waals surface area contributed by atoms with Crippen LogP contribution in [0.3, 0.4) is 0 Å². The number of aliphatic imine (C=N–C) groups is 1. The number of pyridine rings is 1. The first-order chi connectivity index (χ1) is 13.7. The number of amidine groups is 1. The van der Waals surface area contributed by atoms with Crippen molar-refractivity contribution < 1.29 is 22.4 Å². The van der Waals surface area contributed by atoms with E-state index in [1.807, 2.05) is 0 Å². The van der Waals surface area contributed by atoms with Gasteiger partial charge in [-0.1, -0.05) is 6.07 Å². The van der Waals surface area contributed by atoms with Crippen LogP contribution >= 0.6 is 0 Å². The van der Waals surface area contributed by atoms with Gasteiger partial charge in [0, 0.05) is 21.6 Å². The van der Waals surface area contributed by atoms with E-state index in [-0.39, 0.29) is 41.6 Å². The summed E-state index contributed by atoms with van der Waals surface area (Å²) in [5.41, 5.74) is 3.42. The van der Waals surface area contributed by atoms with Gasteiger partial charge in [0.25, 0.3) is 5.91 Å². The number of aromatic nitrogens is 1. The number of halogens is 2. The number of alkyl halides is 1. The normalized spacial score (nSPS) is 21.9. The second-order valence-corrected chi connectivity index (χ2v) is 5.81. The maximum absolute atomic E-state index is 14.5. The number of carbonyl (C=O) groups excluding carboxylic acids is 1. The fourth-order valence-electron chi connectivity index (χ4n) is 2.68. The van der Waals surface area contributed by atoms with E-state index in [0.717, 1.165) is 6.07 Å². The van der Waals surface area contributed by atoms with Gasteiger partial charge in [0.05, 0.1) is 6.61 Å². The molecule has 1 aromatic heterocycles. The van der Waals surface area contributed by atoms with Gasteiger partial charge in [0.15, 0.2) is 0 Å². The highest BCUT2D eigenvalue weighted by Gasteiger charge is 2.38. The maximum atomic E-state index is 14.5. The highest BCUT2D eigenvalue weighted by molar-refractivity contribution is 6.03. The van der Waals surface area contributed by atoms with Crippen LogP contribution in [0.1, 0.15) is 25.7 Å². The van der Waals surface area contributed by atoms with Crippen molar-refractivity contribution in [2.45, 2.75) is 12.4 Å². The summed E-state index contributed by atoms with van der Waals surface area (Å²) in [7, 11) is 0. The number of amides is 1. The van der Waals surface area contributed by atoms with Gasteiger partial charge in [-0.25, -0.2) is 8.78 Å². The summed E-state index contributed by atoms with van der Waals surface area (Å²) in [6.07, 6.45) is 1.29. The molecular weight excluding hydrogens is 342 g/mol. The van der Waals surface area contributed by atoms with Crippen LogP contribution < -0.4 is 11.1 Å². The van der Waals surface area contributed by atoms with E-state index in [4.69, 9.17) is 14.6 Å². The van der Waals surface area contributed by atoms with Crippen molar-refractivity contribution in [1.82, 2.24) is 4.98 Å². The number of hydrogen-bond acceptors (Lipinski definition) is 5. The molecule has 0 saturated heterocycles. The van der Waals surface area contributed by atoms with Gasteiger partial charge in [0.1, 0.15) is 36.2 Å². The SMILES string of the molecule is [2H]C([2H])([2H])c1cccnc1C(=O)Nc1ccc(F)c([C@]2(CF)COCC(N)=N2)c1. The largest absolute Gasteiger partial charge is 0.385 e. The molecule has 3 N–H and O–H groups in total. The number of aryl methyl sites for hydroxylation is 1. The smallest absolute Gasteiger partial charge is 0.274 e. The van der Waals surface area contributed by atoms with Crippen LogP contribution in [0.25, 0.3) is 0 Å². The number of nitrogens with two attached hydrogens (primary N) is 1.